The number of thiophene rings is 1. The lowest BCUT2D eigenvalue weighted by molar-refractivity contribution is 0.0542. The number of nitrogens with zero attached hydrogens (tertiary/aromatic N) is 3. The number of hydrogen-bond acceptors (Lipinski definition) is 4. The van der Waals surface area contributed by atoms with Crippen LogP contribution in [0.3, 0.4) is 0 Å². The minimum atomic E-state index is 0.366. The lowest BCUT2D eigenvalue weighted by atomic mass is 10.2. The SMILES string of the molecule is CCC1COCc2nnc(-c3sccc3C)n21. The quantitative estimate of drug-likeness (QED) is 0.821. The first-order chi connectivity index (χ1) is 8.31. The van der Waals surface area contributed by atoms with Gasteiger partial charge in [0.15, 0.2) is 11.6 Å². The summed E-state index contributed by atoms with van der Waals surface area (Å²) in [6, 6.07) is 2.49. The van der Waals surface area contributed by atoms with Crippen molar-refractivity contribution in [1.29, 1.82) is 0 Å². The van der Waals surface area contributed by atoms with E-state index in [0.29, 0.717) is 12.6 Å². The van der Waals surface area contributed by atoms with Gasteiger partial charge in [-0.2, -0.15) is 0 Å². The first kappa shape index (κ1) is 10.9. The second-order valence-corrected chi connectivity index (χ2v) is 5.24. The van der Waals surface area contributed by atoms with Crippen LogP contribution < -0.4 is 0 Å². The van der Waals surface area contributed by atoms with Crippen LogP contribution in [0.1, 0.15) is 30.8 Å². The molecule has 1 aliphatic rings. The van der Waals surface area contributed by atoms with E-state index in [9.17, 15) is 0 Å². The molecule has 1 atom stereocenters. The molecule has 1 aliphatic heterocycles. The highest BCUT2D eigenvalue weighted by Gasteiger charge is 2.25. The zero-order chi connectivity index (χ0) is 11.8. The van der Waals surface area contributed by atoms with Crippen molar-refractivity contribution in [3.63, 3.8) is 0 Å². The molecule has 1 unspecified atom stereocenters. The van der Waals surface area contributed by atoms with Crippen LogP contribution in [0.15, 0.2) is 11.4 Å². The number of fused-ring (bicyclic) bond motifs is 1. The first-order valence-corrected chi connectivity index (χ1v) is 6.75. The van der Waals surface area contributed by atoms with Gasteiger partial charge in [0, 0.05) is 0 Å². The van der Waals surface area contributed by atoms with Gasteiger partial charge in [0.2, 0.25) is 0 Å². The Morgan fingerprint density at radius 2 is 2.41 bits per heavy atom. The Morgan fingerprint density at radius 3 is 3.12 bits per heavy atom. The second kappa shape index (κ2) is 4.23. The predicted molar refractivity (Wildman–Crippen MR) is 67.1 cm³/mol. The third-order valence-corrected chi connectivity index (χ3v) is 4.22. The highest BCUT2D eigenvalue weighted by Crippen LogP contribution is 2.32. The molecule has 0 aliphatic carbocycles. The van der Waals surface area contributed by atoms with Crippen molar-refractivity contribution in [3.8, 4) is 10.7 Å². The molecular formula is C12H15N3OS. The molecule has 0 aromatic carbocycles. The predicted octanol–water partition coefficient (Wildman–Crippen LogP) is 2.80. The Hall–Kier alpha value is -1.20. The number of ether oxygens (including phenoxy) is 1. The zero-order valence-electron chi connectivity index (χ0n) is 10.0. The lowest BCUT2D eigenvalue weighted by Gasteiger charge is -2.25. The number of rotatable bonds is 2. The summed E-state index contributed by atoms with van der Waals surface area (Å²) >= 11 is 1.73. The maximum Gasteiger partial charge on any atom is 0.174 e. The fourth-order valence-electron chi connectivity index (χ4n) is 2.22. The molecule has 0 fully saturated rings. The van der Waals surface area contributed by atoms with Crippen LogP contribution in [-0.2, 0) is 11.3 Å². The summed E-state index contributed by atoms with van der Waals surface area (Å²) in [6.07, 6.45) is 1.04. The van der Waals surface area contributed by atoms with Crippen LogP contribution in [0.25, 0.3) is 10.7 Å². The summed E-state index contributed by atoms with van der Waals surface area (Å²) in [4.78, 5) is 1.23. The topological polar surface area (TPSA) is 39.9 Å². The summed E-state index contributed by atoms with van der Waals surface area (Å²) in [6.45, 7) is 5.63. The molecular weight excluding hydrogens is 234 g/mol. The van der Waals surface area contributed by atoms with Crippen molar-refractivity contribution < 1.29 is 4.74 Å². The molecule has 0 spiro atoms. The van der Waals surface area contributed by atoms with Gasteiger partial charge in [-0.1, -0.05) is 6.92 Å². The summed E-state index contributed by atoms with van der Waals surface area (Å²) < 4.78 is 7.79. The zero-order valence-corrected chi connectivity index (χ0v) is 10.8. The lowest BCUT2D eigenvalue weighted by Crippen LogP contribution is -2.23. The number of hydrogen-bond donors (Lipinski definition) is 0. The van der Waals surface area contributed by atoms with Crippen LogP contribution in [-0.4, -0.2) is 21.4 Å². The van der Waals surface area contributed by atoms with Crippen LogP contribution in [0.4, 0.5) is 0 Å². The molecule has 2 aromatic heterocycles. The van der Waals surface area contributed by atoms with Crippen molar-refractivity contribution >= 4 is 11.3 Å². The standard InChI is InChI=1S/C12H15N3OS/c1-3-9-6-16-7-10-13-14-12(15(9)10)11-8(2)4-5-17-11/h4-5,9H,3,6-7H2,1-2H3. The second-order valence-electron chi connectivity index (χ2n) is 4.32. The van der Waals surface area contributed by atoms with Crippen molar-refractivity contribution in [2.75, 3.05) is 6.61 Å². The molecule has 3 rings (SSSR count). The van der Waals surface area contributed by atoms with Crippen molar-refractivity contribution in [3.05, 3.63) is 22.8 Å². The van der Waals surface area contributed by atoms with Gasteiger partial charge in [0.05, 0.1) is 17.5 Å². The highest BCUT2D eigenvalue weighted by atomic mass is 32.1. The minimum absolute atomic E-state index is 0.366. The fourth-order valence-corrected chi connectivity index (χ4v) is 3.13. The first-order valence-electron chi connectivity index (χ1n) is 5.87. The summed E-state index contributed by atoms with van der Waals surface area (Å²) in [7, 11) is 0. The highest BCUT2D eigenvalue weighted by molar-refractivity contribution is 7.13. The monoisotopic (exact) mass is 249 g/mol. The molecule has 0 radical (unpaired) electrons. The Morgan fingerprint density at radius 1 is 1.53 bits per heavy atom. The summed E-state index contributed by atoms with van der Waals surface area (Å²) in [5, 5.41) is 10.7. The maximum atomic E-state index is 5.54. The molecule has 3 heterocycles. The van der Waals surface area contributed by atoms with Gasteiger partial charge in [-0.05, 0) is 30.4 Å². The van der Waals surface area contributed by atoms with E-state index in [1.54, 1.807) is 11.3 Å². The number of aryl methyl sites for hydroxylation is 1. The third kappa shape index (κ3) is 1.70. The van der Waals surface area contributed by atoms with E-state index in [4.69, 9.17) is 4.74 Å². The Labute approximate surface area is 104 Å². The molecule has 0 saturated heterocycles. The van der Waals surface area contributed by atoms with E-state index in [-0.39, 0.29) is 0 Å². The van der Waals surface area contributed by atoms with E-state index in [1.165, 1.54) is 10.4 Å². The van der Waals surface area contributed by atoms with Crippen LogP contribution in [0, 0.1) is 6.92 Å². The molecule has 4 nitrogen and oxygen atoms in total. The van der Waals surface area contributed by atoms with Crippen molar-refractivity contribution in [1.82, 2.24) is 14.8 Å². The van der Waals surface area contributed by atoms with E-state index in [1.807, 2.05) is 0 Å². The van der Waals surface area contributed by atoms with Gasteiger partial charge in [-0.15, -0.1) is 21.5 Å². The van der Waals surface area contributed by atoms with Gasteiger partial charge >= 0.3 is 0 Å². The molecule has 0 saturated carbocycles. The molecule has 17 heavy (non-hydrogen) atoms. The van der Waals surface area contributed by atoms with Gasteiger partial charge < -0.3 is 9.30 Å². The van der Waals surface area contributed by atoms with E-state index >= 15 is 0 Å². The summed E-state index contributed by atoms with van der Waals surface area (Å²) in [5.74, 6) is 1.95. The molecule has 90 valence electrons. The summed E-state index contributed by atoms with van der Waals surface area (Å²) in [5.41, 5.74) is 1.27. The van der Waals surface area contributed by atoms with Gasteiger partial charge in [-0.3, -0.25) is 0 Å². The van der Waals surface area contributed by atoms with E-state index < -0.39 is 0 Å². The van der Waals surface area contributed by atoms with Gasteiger partial charge in [0.1, 0.15) is 6.61 Å². The minimum Gasteiger partial charge on any atom is -0.371 e. The maximum absolute atomic E-state index is 5.54. The molecule has 5 heteroatoms. The van der Waals surface area contributed by atoms with Gasteiger partial charge in [0.25, 0.3) is 0 Å². The third-order valence-electron chi connectivity index (χ3n) is 3.21. The molecule has 0 N–H and O–H groups in total. The van der Waals surface area contributed by atoms with Crippen LogP contribution >= 0.6 is 11.3 Å². The fraction of sp³-hybridized carbons (Fsp3) is 0.500. The Kier molecular flexibility index (Phi) is 2.72. The van der Waals surface area contributed by atoms with Crippen molar-refractivity contribution in [2.45, 2.75) is 32.9 Å². The Balaban J connectivity index is 2.13. The Bertz CT molecular complexity index is 532. The van der Waals surface area contributed by atoms with Crippen LogP contribution in [0.2, 0.25) is 0 Å². The number of aromatic nitrogens is 3. The molecule has 0 bridgehead atoms. The molecule has 0 amide bonds. The largest absolute Gasteiger partial charge is 0.371 e. The van der Waals surface area contributed by atoms with Gasteiger partial charge in [-0.25, -0.2) is 0 Å². The van der Waals surface area contributed by atoms with E-state index in [0.717, 1.165) is 24.7 Å². The molecule has 2 aromatic rings. The normalized spacial score (nSPS) is 19.3. The van der Waals surface area contributed by atoms with Crippen LogP contribution in [0.5, 0.6) is 0 Å². The average molecular weight is 249 g/mol. The van der Waals surface area contributed by atoms with E-state index in [2.05, 4.69) is 40.1 Å². The average Bonchev–Trinajstić information content (AvgIpc) is 2.94. The van der Waals surface area contributed by atoms with Crippen molar-refractivity contribution in [2.24, 2.45) is 0 Å². The smallest absolute Gasteiger partial charge is 0.174 e.